The van der Waals surface area contributed by atoms with Gasteiger partial charge in [-0.05, 0) is 37.8 Å². The molecule has 0 atom stereocenters. The zero-order chi connectivity index (χ0) is 19.8. The molecule has 1 fully saturated rings. The average molecular weight is 386 g/mol. The molecule has 0 bridgehead atoms. The maximum atomic E-state index is 11.8. The molecule has 2 aromatic rings. The Hall–Kier alpha value is -2.25. The van der Waals surface area contributed by atoms with Crippen molar-refractivity contribution < 1.29 is 4.84 Å². The fourth-order valence-corrected chi connectivity index (χ4v) is 3.83. The quantitative estimate of drug-likeness (QED) is 0.348. The van der Waals surface area contributed by atoms with Gasteiger partial charge in [0, 0.05) is 37.2 Å². The lowest BCUT2D eigenvalue weighted by Crippen LogP contribution is -2.37. The van der Waals surface area contributed by atoms with Crippen molar-refractivity contribution in [3.8, 4) is 0 Å². The summed E-state index contributed by atoms with van der Waals surface area (Å²) < 4.78 is 0. The number of unbranched alkanes of at least 4 members (excludes halogenated alkanes) is 2. The normalized spacial score (nSPS) is 15.2. The number of anilines is 3. The highest BCUT2D eigenvalue weighted by atomic mass is 16.7. The number of rotatable bonds is 11. The minimum atomic E-state index is -0.470. The van der Waals surface area contributed by atoms with Crippen LogP contribution in [0.5, 0.6) is 0 Å². The number of hydroxylamine groups is 2. The molecule has 1 aliphatic carbocycles. The van der Waals surface area contributed by atoms with Crippen molar-refractivity contribution in [1.29, 1.82) is 0 Å². The highest BCUT2D eigenvalue weighted by Gasteiger charge is 2.21. The molecule has 0 radical (unpaired) electrons. The smallest absolute Gasteiger partial charge is 0.253 e. The summed E-state index contributed by atoms with van der Waals surface area (Å²) in [5, 5.41) is 8.26. The zero-order valence-corrected chi connectivity index (χ0v) is 16.6. The second-order valence-corrected chi connectivity index (χ2v) is 7.37. The number of nitrogens with zero attached hydrogens (tertiary/aromatic N) is 2. The van der Waals surface area contributed by atoms with Crippen LogP contribution in [0.4, 0.5) is 17.1 Å². The Bertz CT molecular complexity index is 796. The molecule has 2 N–H and O–H groups in total. The van der Waals surface area contributed by atoms with Crippen LogP contribution in [0.1, 0.15) is 51.4 Å². The van der Waals surface area contributed by atoms with Gasteiger partial charge < -0.3 is 15.5 Å². The molecule has 0 saturated heterocycles. The first-order valence-corrected chi connectivity index (χ1v) is 10.3. The fourth-order valence-electron chi connectivity index (χ4n) is 3.83. The third kappa shape index (κ3) is 5.17. The molecule has 0 amide bonds. The Morgan fingerprint density at radius 2 is 1.75 bits per heavy atom. The van der Waals surface area contributed by atoms with Gasteiger partial charge in [0.05, 0.1) is 7.11 Å². The second-order valence-electron chi connectivity index (χ2n) is 7.37. The maximum absolute atomic E-state index is 11.8. The summed E-state index contributed by atoms with van der Waals surface area (Å²) >= 11 is 0. The average Bonchev–Trinajstić information content (AvgIpc) is 2.75. The summed E-state index contributed by atoms with van der Waals surface area (Å²) in [4.78, 5) is 33.2. The predicted octanol–water partition coefficient (Wildman–Crippen LogP) is 3.20. The van der Waals surface area contributed by atoms with E-state index in [9.17, 15) is 9.59 Å². The van der Waals surface area contributed by atoms with Crippen LogP contribution in [0.15, 0.2) is 34.1 Å². The Morgan fingerprint density at radius 3 is 2.46 bits per heavy atom. The predicted molar refractivity (Wildman–Crippen MR) is 112 cm³/mol. The first kappa shape index (κ1) is 20.5. The lowest BCUT2D eigenvalue weighted by molar-refractivity contribution is -0.168. The number of hydrogen-bond acceptors (Lipinski definition) is 7. The van der Waals surface area contributed by atoms with Gasteiger partial charge in [-0.15, -0.1) is 0 Å². The lowest BCUT2D eigenvalue weighted by atomic mass is 9.95. The van der Waals surface area contributed by atoms with E-state index in [1.54, 1.807) is 31.6 Å². The molecule has 1 aromatic heterocycles. The molecule has 7 heteroatoms. The van der Waals surface area contributed by atoms with Gasteiger partial charge in [-0.1, -0.05) is 25.7 Å². The van der Waals surface area contributed by atoms with Crippen LogP contribution in [0.25, 0.3) is 0 Å². The van der Waals surface area contributed by atoms with Gasteiger partial charge in [-0.2, -0.15) is 5.06 Å². The van der Waals surface area contributed by atoms with E-state index >= 15 is 0 Å². The molecule has 152 valence electrons. The van der Waals surface area contributed by atoms with Crippen LogP contribution in [0.2, 0.25) is 0 Å². The van der Waals surface area contributed by atoms with Crippen molar-refractivity contribution in [2.45, 2.75) is 57.4 Å². The minimum absolute atomic E-state index is 0.346. The summed E-state index contributed by atoms with van der Waals surface area (Å²) in [5.41, 5.74) is 0.566. The number of aromatic nitrogens is 1. The Morgan fingerprint density at radius 1 is 1.04 bits per heavy atom. The van der Waals surface area contributed by atoms with Gasteiger partial charge in [-0.25, -0.2) is 0 Å². The summed E-state index contributed by atoms with van der Waals surface area (Å²) in [6, 6.07) is 4.07. The topological polar surface area (TPSA) is 83.6 Å². The Balaban J connectivity index is 1.38. The summed E-state index contributed by atoms with van der Waals surface area (Å²) in [6.45, 7) is 1.61. The first-order chi connectivity index (χ1) is 13.7. The first-order valence-electron chi connectivity index (χ1n) is 10.3. The van der Waals surface area contributed by atoms with E-state index in [-0.39, 0.29) is 0 Å². The molecular formula is C21H30N4O3. The summed E-state index contributed by atoms with van der Waals surface area (Å²) in [5.74, 6) is 0. The molecule has 28 heavy (non-hydrogen) atoms. The molecule has 3 rings (SSSR count). The number of pyridine rings is 1. The second kappa shape index (κ2) is 10.3. The van der Waals surface area contributed by atoms with Crippen LogP contribution in [0, 0.1) is 0 Å². The van der Waals surface area contributed by atoms with Crippen molar-refractivity contribution >= 4 is 17.1 Å². The van der Waals surface area contributed by atoms with E-state index in [4.69, 9.17) is 4.84 Å². The molecular weight excluding hydrogens is 356 g/mol. The number of hydrogen-bond donors (Lipinski definition) is 2. The monoisotopic (exact) mass is 386 g/mol. The van der Waals surface area contributed by atoms with E-state index in [0.717, 1.165) is 31.5 Å². The molecule has 0 unspecified atom stereocenters. The third-order valence-corrected chi connectivity index (χ3v) is 5.43. The number of nitrogens with one attached hydrogen (secondary N) is 2. The maximum Gasteiger partial charge on any atom is 0.253 e. The summed E-state index contributed by atoms with van der Waals surface area (Å²) in [7, 11) is 1.76. The van der Waals surface area contributed by atoms with Gasteiger partial charge in [0.25, 0.3) is 10.9 Å². The Labute approximate surface area is 165 Å². The van der Waals surface area contributed by atoms with Gasteiger partial charge in [0.15, 0.2) is 0 Å². The summed E-state index contributed by atoms with van der Waals surface area (Å²) in [6.07, 6.45) is 12.7. The van der Waals surface area contributed by atoms with Crippen LogP contribution < -0.4 is 21.5 Å². The molecule has 1 saturated carbocycles. The van der Waals surface area contributed by atoms with E-state index in [2.05, 4.69) is 20.7 Å². The van der Waals surface area contributed by atoms with Crippen molar-refractivity contribution in [3.05, 3.63) is 45.0 Å². The molecule has 0 aliphatic heterocycles. The SMILES string of the molecule is CON(CCCCCNc1c(Nc2ccncc2)c(=O)c1=O)C1CCCCC1. The van der Waals surface area contributed by atoms with Gasteiger partial charge in [0.1, 0.15) is 11.4 Å². The van der Waals surface area contributed by atoms with Crippen LogP contribution in [-0.2, 0) is 4.84 Å². The van der Waals surface area contributed by atoms with E-state index in [1.165, 1.54) is 32.1 Å². The fraction of sp³-hybridized carbons (Fsp3) is 0.571. The molecule has 7 nitrogen and oxygen atoms in total. The molecule has 0 spiro atoms. The van der Waals surface area contributed by atoms with Gasteiger partial charge in [-0.3, -0.25) is 14.6 Å². The van der Waals surface area contributed by atoms with Crippen molar-refractivity contribution in [2.24, 2.45) is 0 Å². The Kier molecular flexibility index (Phi) is 7.56. The van der Waals surface area contributed by atoms with E-state index in [0.29, 0.717) is 24.0 Å². The lowest BCUT2D eigenvalue weighted by Gasteiger charge is -2.32. The van der Waals surface area contributed by atoms with Crippen LogP contribution in [-0.4, -0.2) is 36.3 Å². The van der Waals surface area contributed by atoms with Gasteiger partial charge >= 0.3 is 0 Å². The van der Waals surface area contributed by atoms with Gasteiger partial charge in [0.2, 0.25) is 0 Å². The van der Waals surface area contributed by atoms with Crippen LogP contribution >= 0.6 is 0 Å². The van der Waals surface area contributed by atoms with E-state index < -0.39 is 10.9 Å². The molecule has 1 aromatic carbocycles. The third-order valence-electron chi connectivity index (χ3n) is 5.43. The van der Waals surface area contributed by atoms with Crippen molar-refractivity contribution in [3.63, 3.8) is 0 Å². The highest BCUT2D eigenvalue weighted by Crippen LogP contribution is 2.23. The zero-order valence-electron chi connectivity index (χ0n) is 16.6. The largest absolute Gasteiger partial charge is 0.380 e. The van der Waals surface area contributed by atoms with Crippen LogP contribution in [0.3, 0.4) is 0 Å². The minimum Gasteiger partial charge on any atom is -0.380 e. The van der Waals surface area contributed by atoms with Crippen molar-refractivity contribution in [1.82, 2.24) is 10.0 Å². The molecule has 1 heterocycles. The standard InChI is InChI=1S/C21H30N4O3/c1-28-25(17-8-4-2-5-9-17)15-7-3-6-12-23-18-19(21(27)20(18)26)24-16-10-13-22-14-11-16/h10-11,13-14,17,23H,2-9,12,15H2,1H3,(H,22,24). The van der Waals surface area contributed by atoms with Crippen molar-refractivity contribution in [2.75, 3.05) is 30.8 Å². The van der Waals surface area contributed by atoms with E-state index in [1.807, 2.05) is 0 Å². The molecule has 1 aliphatic rings. The highest BCUT2D eigenvalue weighted by molar-refractivity contribution is 5.78.